The first-order chi connectivity index (χ1) is 18.2. The Balaban J connectivity index is 1.59. The molecule has 0 saturated carbocycles. The fraction of sp³-hybridized carbons (Fsp3) is 0. The highest BCUT2D eigenvalue weighted by Gasteiger charge is 2.27. The second-order valence-corrected chi connectivity index (χ2v) is 9.29. The zero-order valence-electron chi connectivity index (χ0n) is 19.5. The third-order valence-electron chi connectivity index (χ3n) is 7.28. The highest BCUT2D eigenvalue weighted by atomic mass is 16.5. The van der Waals surface area contributed by atoms with Crippen molar-refractivity contribution in [2.24, 2.45) is 0 Å². The van der Waals surface area contributed by atoms with E-state index in [9.17, 15) is 9.59 Å². The Bertz CT molecular complexity index is 2030. The predicted molar refractivity (Wildman–Crippen MR) is 148 cm³/mol. The number of hydrogen-bond acceptors (Lipinski definition) is 4. The fourth-order valence-corrected chi connectivity index (χ4v) is 5.70. The number of para-hydroxylation sites is 6. The summed E-state index contributed by atoms with van der Waals surface area (Å²) in [7, 11) is 0. The van der Waals surface area contributed by atoms with Gasteiger partial charge < -0.3 is 14.0 Å². The molecule has 3 heterocycles. The number of benzene rings is 5. The fourth-order valence-electron chi connectivity index (χ4n) is 5.70. The molecule has 0 bridgehead atoms. The quantitative estimate of drug-likeness (QED) is 0.186. The first-order valence-corrected chi connectivity index (χ1v) is 12.1. The molecule has 5 aromatic carbocycles. The molecule has 0 aliphatic carbocycles. The van der Waals surface area contributed by atoms with E-state index in [1.54, 1.807) is 0 Å². The van der Waals surface area contributed by atoms with Crippen LogP contribution >= 0.6 is 0 Å². The van der Waals surface area contributed by atoms with Gasteiger partial charge in [0.15, 0.2) is 22.4 Å². The number of anilines is 3. The van der Waals surface area contributed by atoms with Crippen molar-refractivity contribution in [3.8, 4) is 11.5 Å². The molecular weight excluding hydrogens is 460 g/mol. The van der Waals surface area contributed by atoms with E-state index in [2.05, 4.69) is 9.30 Å². The molecule has 5 nitrogen and oxygen atoms in total. The summed E-state index contributed by atoms with van der Waals surface area (Å²) in [4.78, 5) is 29.9. The van der Waals surface area contributed by atoms with E-state index in [1.807, 2.05) is 109 Å². The molecule has 0 saturated heterocycles. The lowest BCUT2D eigenvalue weighted by Crippen LogP contribution is -2.18. The lowest BCUT2D eigenvalue weighted by molar-refractivity contribution is 0.477. The zero-order valence-corrected chi connectivity index (χ0v) is 19.5. The Morgan fingerprint density at radius 2 is 0.973 bits per heavy atom. The van der Waals surface area contributed by atoms with Gasteiger partial charge in [0.1, 0.15) is 0 Å². The van der Waals surface area contributed by atoms with Crippen LogP contribution in [0.2, 0.25) is 0 Å². The van der Waals surface area contributed by atoms with Crippen LogP contribution in [-0.4, -0.2) is 4.40 Å². The molecule has 0 fully saturated rings. The van der Waals surface area contributed by atoms with Crippen molar-refractivity contribution in [2.45, 2.75) is 0 Å². The average molecular weight is 479 g/mol. The van der Waals surface area contributed by atoms with Gasteiger partial charge in [-0.3, -0.25) is 9.59 Å². The minimum atomic E-state index is -0.0908. The first kappa shape index (κ1) is 20.1. The second kappa shape index (κ2) is 7.18. The van der Waals surface area contributed by atoms with Crippen molar-refractivity contribution >= 4 is 55.2 Å². The molecule has 0 N–H and O–H groups in total. The maximum atomic E-state index is 13.9. The van der Waals surface area contributed by atoms with E-state index < -0.39 is 0 Å². The monoisotopic (exact) mass is 478 g/mol. The molecule has 0 spiro atoms. The number of aromatic nitrogens is 1. The van der Waals surface area contributed by atoms with Crippen LogP contribution in [0.1, 0.15) is 0 Å². The topological polar surface area (TPSA) is 51.0 Å². The van der Waals surface area contributed by atoms with Crippen LogP contribution in [0.25, 0.3) is 38.1 Å². The van der Waals surface area contributed by atoms with Gasteiger partial charge in [-0.1, -0.05) is 48.5 Å². The molecule has 0 amide bonds. The highest BCUT2D eigenvalue weighted by molar-refractivity contribution is 6.10. The van der Waals surface area contributed by atoms with Gasteiger partial charge in [0, 0.05) is 27.2 Å². The molecule has 5 heteroatoms. The molecule has 1 aliphatic heterocycles. The summed E-state index contributed by atoms with van der Waals surface area (Å²) in [5.74, 6) is 1.42. The van der Waals surface area contributed by atoms with Crippen LogP contribution in [0.5, 0.6) is 11.5 Å². The van der Waals surface area contributed by atoms with Crippen molar-refractivity contribution in [3.63, 3.8) is 0 Å². The Morgan fingerprint density at radius 1 is 0.514 bits per heavy atom. The molecule has 174 valence electrons. The molecule has 1 aliphatic rings. The summed E-state index contributed by atoms with van der Waals surface area (Å²) in [5.41, 5.74) is 4.46. The van der Waals surface area contributed by atoms with Gasteiger partial charge in [-0.15, -0.1) is 0 Å². The van der Waals surface area contributed by atoms with Gasteiger partial charge in [-0.05, 0) is 60.7 Å². The van der Waals surface area contributed by atoms with Crippen molar-refractivity contribution in [2.75, 3.05) is 4.90 Å². The number of ether oxygens (including phenoxy) is 1. The van der Waals surface area contributed by atoms with Crippen LogP contribution in [-0.2, 0) is 0 Å². The summed E-state index contributed by atoms with van der Waals surface area (Å²) in [6.45, 7) is 0. The van der Waals surface area contributed by atoms with Crippen LogP contribution in [0, 0.1) is 0 Å². The van der Waals surface area contributed by atoms with Gasteiger partial charge in [0.2, 0.25) is 0 Å². The normalized spacial score (nSPS) is 12.7. The number of nitrogens with zero attached hydrogens (tertiary/aromatic N) is 2. The Kier molecular flexibility index (Phi) is 3.90. The van der Waals surface area contributed by atoms with Crippen molar-refractivity contribution in [1.82, 2.24) is 4.40 Å². The number of hydrogen-bond donors (Lipinski definition) is 0. The molecule has 0 unspecified atom stereocenters. The van der Waals surface area contributed by atoms with Crippen molar-refractivity contribution in [3.05, 3.63) is 130 Å². The smallest absolute Gasteiger partial charge is 0.197 e. The Morgan fingerprint density at radius 3 is 1.51 bits per heavy atom. The van der Waals surface area contributed by atoms with Crippen molar-refractivity contribution in [1.29, 1.82) is 0 Å². The molecule has 2 aromatic heterocycles. The number of rotatable bonds is 1. The van der Waals surface area contributed by atoms with E-state index in [4.69, 9.17) is 4.74 Å². The summed E-state index contributed by atoms with van der Waals surface area (Å²) in [6.07, 6.45) is 0. The first-order valence-electron chi connectivity index (χ1n) is 12.1. The maximum absolute atomic E-state index is 13.9. The minimum Gasteiger partial charge on any atom is -0.453 e. The van der Waals surface area contributed by atoms with Crippen LogP contribution < -0.4 is 20.5 Å². The van der Waals surface area contributed by atoms with Gasteiger partial charge in [0.25, 0.3) is 0 Å². The molecule has 0 atom stereocenters. The van der Waals surface area contributed by atoms with Gasteiger partial charge in [-0.25, -0.2) is 0 Å². The second-order valence-electron chi connectivity index (χ2n) is 9.29. The van der Waals surface area contributed by atoms with Gasteiger partial charge in [0.05, 0.1) is 27.9 Å². The average Bonchev–Trinajstić information content (AvgIpc) is 2.95. The van der Waals surface area contributed by atoms with E-state index in [1.165, 1.54) is 0 Å². The highest BCUT2D eigenvalue weighted by Crippen LogP contribution is 2.50. The SMILES string of the molecule is O=c1c2ccccc2n2c3ccccc3c(=O)c3cc(N4c5ccccc5Oc5ccccc54)cc1c32. The minimum absolute atomic E-state index is 0.0908. The van der Waals surface area contributed by atoms with Gasteiger partial charge in [-0.2, -0.15) is 0 Å². The van der Waals surface area contributed by atoms with E-state index in [0.29, 0.717) is 38.6 Å². The molecule has 0 radical (unpaired) electrons. The van der Waals surface area contributed by atoms with Crippen molar-refractivity contribution < 1.29 is 4.74 Å². The van der Waals surface area contributed by atoms with Crippen LogP contribution in [0.3, 0.4) is 0 Å². The summed E-state index contributed by atoms with van der Waals surface area (Å²) >= 11 is 0. The molecule has 7 aromatic rings. The van der Waals surface area contributed by atoms with E-state index in [0.717, 1.165) is 28.1 Å². The number of fused-ring (bicyclic) bond motifs is 6. The summed E-state index contributed by atoms with van der Waals surface area (Å²) in [5, 5.41) is 2.25. The van der Waals surface area contributed by atoms with E-state index >= 15 is 0 Å². The lowest BCUT2D eigenvalue weighted by Gasteiger charge is -2.33. The Labute approximate surface area is 210 Å². The number of pyridine rings is 2. The third-order valence-corrected chi connectivity index (χ3v) is 7.28. The standard InChI is InChI=1S/C32H18N2O3/c35-31-20-9-1-3-11-24(20)34-25-12-4-2-10-21(25)32(36)23-18-19(17-22(31)30(23)34)33-26-13-5-7-15-28(26)37-29-16-8-6-14-27(29)33/h1-18H. The Hall–Kier alpha value is -5.16. The maximum Gasteiger partial charge on any atom is 0.197 e. The molecule has 37 heavy (non-hydrogen) atoms. The van der Waals surface area contributed by atoms with Gasteiger partial charge >= 0.3 is 0 Å². The molecule has 8 rings (SSSR count). The summed E-state index contributed by atoms with van der Waals surface area (Å²) in [6, 6.07) is 34.6. The largest absolute Gasteiger partial charge is 0.453 e. The lowest BCUT2D eigenvalue weighted by atomic mass is 10.0. The predicted octanol–water partition coefficient (Wildman–Crippen LogP) is 7.13. The van der Waals surface area contributed by atoms with Crippen LogP contribution in [0.4, 0.5) is 17.1 Å². The van der Waals surface area contributed by atoms with Crippen LogP contribution in [0.15, 0.2) is 119 Å². The molecular formula is C32H18N2O3. The van der Waals surface area contributed by atoms with E-state index in [-0.39, 0.29) is 10.9 Å². The third kappa shape index (κ3) is 2.63. The summed E-state index contributed by atoms with van der Waals surface area (Å²) < 4.78 is 8.24. The zero-order chi connectivity index (χ0) is 24.7.